The summed E-state index contributed by atoms with van der Waals surface area (Å²) in [6.07, 6.45) is 4.69. The van der Waals surface area contributed by atoms with Gasteiger partial charge in [-0.25, -0.2) is 0 Å². The Bertz CT molecular complexity index is 692. The predicted molar refractivity (Wildman–Crippen MR) is 78.7 cm³/mol. The molecule has 0 heterocycles. The molecule has 20 heavy (non-hydrogen) atoms. The summed E-state index contributed by atoms with van der Waals surface area (Å²) in [5.74, 6) is 0. The molecule has 0 aliphatic rings. The first-order valence-corrected chi connectivity index (χ1v) is 7.33. The van der Waals surface area contributed by atoms with Crippen LogP contribution in [0, 0.1) is 0 Å². The smallest absolute Gasteiger partial charge is 0.265 e. The van der Waals surface area contributed by atoms with Crippen LogP contribution in [0.2, 0.25) is 0 Å². The Morgan fingerprint density at radius 1 is 0.900 bits per heavy atom. The molecule has 0 saturated heterocycles. The van der Waals surface area contributed by atoms with E-state index in [1.165, 1.54) is 18.3 Å². The van der Waals surface area contributed by atoms with Crippen molar-refractivity contribution in [2.75, 3.05) is 0 Å². The molecule has 5 heteroatoms. The van der Waals surface area contributed by atoms with Gasteiger partial charge < -0.3 is 0 Å². The molecule has 0 radical (unpaired) electrons. The van der Waals surface area contributed by atoms with E-state index in [1.807, 2.05) is 30.3 Å². The molecule has 2 rings (SSSR count). The number of hydrogen-bond donors (Lipinski definition) is 0. The van der Waals surface area contributed by atoms with Gasteiger partial charge in [-0.2, -0.15) is 8.42 Å². The van der Waals surface area contributed by atoms with Crippen molar-refractivity contribution in [2.24, 2.45) is 5.16 Å². The lowest BCUT2D eigenvalue weighted by Crippen LogP contribution is -2.01. The van der Waals surface area contributed by atoms with Gasteiger partial charge in [0, 0.05) is 0 Å². The average molecular weight is 287 g/mol. The minimum Gasteiger partial charge on any atom is -0.265 e. The normalized spacial score (nSPS) is 12.0. The minimum atomic E-state index is -3.84. The van der Waals surface area contributed by atoms with Crippen molar-refractivity contribution >= 4 is 22.4 Å². The Kier molecular flexibility index (Phi) is 4.68. The second kappa shape index (κ2) is 6.68. The van der Waals surface area contributed by atoms with E-state index in [2.05, 4.69) is 9.44 Å². The first-order chi connectivity index (χ1) is 9.68. The summed E-state index contributed by atoms with van der Waals surface area (Å²) in [6, 6.07) is 17.4. The maximum Gasteiger partial charge on any atom is 0.358 e. The Labute approximate surface area is 118 Å². The van der Waals surface area contributed by atoms with E-state index < -0.39 is 10.1 Å². The molecule has 0 amide bonds. The third kappa shape index (κ3) is 4.07. The predicted octanol–water partition coefficient (Wildman–Crippen LogP) is 3.09. The third-order valence-corrected chi connectivity index (χ3v) is 3.54. The highest BCUT2D eigenvalue weighted by Crippen LogP contribution is 2.11. The number of allylic oxidation sites excluding steroid dienone is 1. The summed E-state index contributed by atoms with van der Waals surface area (Å²) in [5, 5.41) is 3.43. The van der Waals surface area contributed by atoms with Crippen LogP contribution in [0.25, 0.3) is 6.08 Å². The number of nitrogens with zero attached hydrogens (tertiary/aromatic N) is 1. The average Bonchev–Trinajstić information content (AvgIpc) is 2.49. The fraction of sp³-hybridized carbons (Fsp3) is 0. The lowest BCUT2D eigenvalue weighted by Gasteiger charge is -1.99. The maximum absolute atomic E-state index is 11.7. The van der Waals surface area contributed by atoms with Crippen LogP contribution in [0.5, 0.6) is 0 Å². The second-order valence-corrected chi connectivity index (χ2v) is 5.39. The first kappa shape index (κ1) is 14.0. The zero-order chi connectivity index (χ0) is 14.3. The van der Waals surface area contributed by atoms with Gasteiger partial charge in [-0.15, -0.1) is 0 Å². The molecule has 0 atom stereocenters. The van der Waals surface area contributed by atoms with Gasteiger partial charge in [0.1, 0.15) is 4.90 Å². The molecule has 0 saturated carbocycles. The fourth-order valence-electron chi connectivity index (χ4n) is 1.47. The van der Waals surface area contributed by atoms with Gasteiger partial charge in [0.05, 0.1) is 6.21 Å². The van der Waals surface area contributed by atoms with Crippen LogP contribution in [-0.4, -0.2) is 14.6 Å². The highest BCUT2D eigenvalue weighted by molar-refractivity contribution is 7.86. The van der Waals surface area contributed by atoms with Crippen LogP contribution >= 0.6 is 0 Å². The molecular formula is C15H13NO3S. The summed E-state index contributed by atoms with van der Waals surface area (Å²) in [4.78, 5) is 0.0733. The summed E-state index contributed by atoms with van der Waals surface area (Å²) < 4.78 is 28.0. The molecule has 2 aromatic rings. The minimum absolute atomic E-state index is 0.0733. The standard InChI is InChI=1S/C15H13NO3S/c17-20(18,15-11-5-2-6-12-15)19-16-13-7-10-14-8-3-1-4-9-14/h1-13H/b10-7+,16-13?. The van der Waals surface area contributed by atoms with E-state index in [0.29, 0.717) is 0 Å². The molecule has 0 aliphatic carbocycles. The summed E-state index contributed by atoms with van der Waals surface area (Å²) in [7, 11) is -3.84. The van der Waals surface area contributed by atoms with E-state index in [0.717, 1.165) is 5.56 Å². The van der Waals surface area contributed by atoms with Crippen molar-refractivity contribution in [1.82, 2.24) is 0 Å². The second-order valence-electron chi connectivity index (χ2n) is 3.87. The van der Waals surface area contributed by atoms with Gasteiger partial charge in [0.25, 0.3) is 0 Å². The first-order valence-electron chi connectivity index (χ1n) is 5.92. The van der Waals surface area contributed by atoms with Gasteiger partial charge in [-0.05, 0) is 23.8 Å². The Hall–Kier alpha value is -2.40. The number of oxime groups is 1. The van der Waals surface area contributed by atoms with Gasteiger partial charge in [-0.3, -0.25) is 4.28 Å². The van der Waals surface area contributed by atoms with Gasteiger partial charge in [0.2, 0.25) is 0 Å². The Balaban J connectivity index is 1.95. The van der Waals surface area contributed by atoms with E-state index in [9.17, 15) is 8.42 Å². The van der Waals surface area contributed by atoms with Crippen LogP contribution in [0.3, 0.4) is 0 Å². The summed E-state index contributed by atoms with van der Waals surface area (Å²) >= 11 is 0. The molecule has 2 aromatic carbocycles. The van der Waals surface area contributed by atoms with Crippen molar-refractivity contribution in [1.29, 1.82) is 0 Å². The van der Waals surface area contributed by atoms with Gasteiger partial charge >= 0.3 is 10.1 Å². The Morgan fingerprint density at radius 3 is 2.15 bits per heavy atom. The number of hydrogen-bond acceptors (Lipinski definition) is 4. The van der Waals surface area contributed by atoms with Crippen molar-refractivity contribution in [3.05, 3.63) is 72.3 Å². The lowest BCUT2D eigenvalue weighted by atomic mass is 10.2. The quantitative estimate of drug-likeness (QED) is 0.627. The Morgan fingerprint density at radius 2 is 1.50 bits per heavy atom. The monoisotopic (exact) mass is 287 g/mol. The SMILES string of the molecule is O=S(=O)(ON=C/C=C/c1ccccc1)c1ccccc1. The largest absolute Gasteiger partial charge is 0.358 e. The van der Waals surface area contributed by atoms with E-state index in [4.69, 9.17) is 0 Å². The van der Waals surface area contributed by atoms with Crippen LogP contribution in [0.15, 0.2) is 76.8 Å². The highest BCUT2D eigenvalue weighted by Gasteiger charge is 2.13. The van der Waals surface area contributed by atoms with Gasteiger partial charge in [0.15, 0.2) is 0 Å². The molecule has 4 nitrogen and oxygen atoms in total. The zero-order valence-corrected chi connectivity index (χ0v) is 11.4. The number of rotatable bonds is 5. The molecule has 0 fully saturated rings. The summed E-state index contributed by atoms with van der Waals surface area (Å²) in [6.45, 7) is 0. The molecule has 102 valence electrons. The maximum atomic E-state index is 11.7. The molecule has 0 bridgehead atoms. The zero-order valence-electron chi connectivity index (χ0n) is 10.6. The van der Waals surface area contributed by atoms with Crippen molar-refractivity contribution in [3.8, 4) is 0 Å². The van der Waals surface area contributed by atoms with E-state index >= 15 is 0 Å². The number of benzene rings is 2. The van der Waals surface area contributed by atoms with Crippen molar-refractivity contribution in [3.63, 3.8) is 0 Å². The molecular weight excluding hydrogens is 274 g/mol. The van der Waals surface area contributed by atoms with Crippen LogP contribution < -0.4 is 0 Å². The van der Waals surface area contributed by atoms with Crippen molar-refractivity contribution < 1.29 is 12.7 Å². The van der Waals surface area contributed by atoms with Crippen LogP contribution in [0.4, 0.5) is 0 Å². The lowest BCUT2D eigenvalue weighted by molar-refractivity contribution is 0.341. The van der Waals surface area contributed by atoms with Crippen LogP contribution in [0.1, 0.15) is 5.56 Å². The fourth-order valence-corrected chi connectivity index (χ4v) is 2.20. The highest BCUT2D eigenvalue weighted by atomic mass is 32.2. The van der Waals surface area contributed by atoms with E-state index in [-0.39, 0.29) is 4.90 Å². The van der Waals surface area contributed by atoms with Crippen molar-refractivity contribution in [2.45, 2.75) is 4.90 Å². The third-order valence-electron chi connectivity index (χ3n) is 2.41. The topological polar surface area (TPSA) is 55.7 Å². The molecule has 0 spiro atoms. The molecule has 0 N–H and O–H groups in total. The molecule has 0 aromatic heterocycles. The van der Waals surface area contributed by atoms with E-state index in [1.54, 1.807) is 30.4 Å². The summed E-state index contributed by atoms with van der Waals surface area (Å²) in [5.41, 5.74) is 0.991. The van der Waals surface area contributed by atoms with Gasteiger partial charge in [-0.1, -0.05) is 59.8 Å². The molecule has 0 aliphatic heterocycles. The van der Waals surface area contributed by atoms with Crippen LogP contribution in [-0.2, 0) is 14.4 Å². The molecule has 0 unspecified atom stereocenters.